The minimum Gasteiger partial charge on any atom is -0.401 e. The number of alkyl halides is 3. The van der Waals surface area contributed by atoms with Gasteiger partial charge in [-0.05, 0) is 41.5 Å². The van der Waals surface area contributed by atoms with E-state index in [1.807, 2.05) is 36.4 Å². The minimum atomic E-state index is -4.61. The van der Waals surface area contributed by atoms with Crippen LogP contribution in [0.4, 0.5) is 24.9 Å². The van der Waals surface area contributed by atoms with Crippen LogP contribution in [0.1, 0.15) is 5.56 Å². The number of anilines is 2. The van der Waals surface area contributed by atoms with Crippen molar-refractivity contribution < 1.29 is 17.6 Å². The van der Waals surface area contributed by atoms with E-state index in [9.17, 15) is 13.2 Å². The number of benzene rings is 3. The quantitative estimate of drug-likeness (QED) is 0.271. The normalized spacial score (nSPS) is 11.6. The monoisotopic (exact) mass is 510 g/mol. The van der Waals surface area contributed by atoms with Gasteiger partial charge < -0.3 is 9.73 Å². The molecule has 5 aromatic rings. The third kappa shape index (κ3) is 4.31. The van der Waals surface area contributed by atoms with Crippen molar-refractivity contribution in [1.82, 2.24) is 15.2 Å². The zero-order valence-electron chi connectivity index (χ0n) is 16.8. The average Bonchev–Trinajstić information content (AvgIpc) is 3.27. The van der Waals surface area contributed by atoms with E-state index in [0.29, 0.717) is 21.0 Å². The molecule has 0 fully saturated rings. The summed E-state index contributed by atoms with van der Waals surface area (Å²) >= 11 is 3.40. The van der Waals surface area contributed by atoms with Gasteiger partial charge in [-0.3, -0.25) is 0 Å². The van der Waals surface area contributed by atoms with Gasteiger partial charge in [-0.1, -0.05) is 69.6 Å². The SMILES string of the molecule is FC(F)(F)c1cc(-c2ccccc2)cc2c(Br)cc(-c3nnc(Nc4ccccc4)o3)nc12. The maximum Gasteiger partial charge on any atom is 0.418 e. The molecule has 0 radical (unpaired) electrons. The van der Waals surface area contributed by atoms with E-state index in [2.05, 4.69) is 36.4 Å². The van der Waals surface area contributed by atoms with E-state index in [1.165, 1.54) is 0 Å². The number of hydrogen-bond acceptors (Lipinski definition) is 5. The molecule has 0 atom stereocenters. The molecule has 0 spiro atoms. The lowest BCUT2D eigenvalue weighted by Crippen LogP contribution is -2.08. The van der Waals surface area contributed by atoms with Gasteiger partial charge in [0.15, 0.2) is 0 Å². The zero-order valence-corrected chi connectivity index (χ0v) is 18.4. The molecule has 0 unspecified atom stereocenters. The van der Waals surface area contributed by atoms with Crippen molar-refractivity contribution in [3.8, 4) is 22.7 Å². The molecule has 0 aliphatic carbocycles. The van der Waals surface area contributed by atoms with Crippen LogP contribution in [0.25, 0.3) is 33.6 Å². The fourth-order valence-electron chi connectivity index (χ4n) is 3.43. The summed E-state index contributed by atoms with van der Waals surface area (Å²) < 4.78 is 48.1. The third-order valence-electron chi connectivity index (χ3n) is 4.94. The van der Waals surface area contributed by atoms with E-state index in [-0.39, 0.29) is 23.1 Å². The highest BCUT2D eigenvalue weighted by Gasteiger charge is 2.34. The fraction of sp³-hybridized carbons (Fsp3) is 0.0417. The largest absolute Gasteiger partial charge is 0.418 e. The van der Waals surface area contributed by atoms with E-state index in [0.717, 1.165) is 11.8 Å². The topological polar surface area (TPSA) is 63.8 Å². The summed E-state index contributed by atoms with van der Waals surface area (Å²) in [5, 5.41) is 11.1. The van der Waals surface area contributed by atoms with Crippen molar-refractivity contribution in [1.29, 1.82) is 0 Å². The van der Waals surface area contributed by atoms with Crippen LogP contribution in [0.3, 0.4) is 0 Å². The predicted molar refractivity (Wildman–Crippen MR) is 123 cm³/mol. The molecule has 0 saturated heterocycles. The molecular weight excluding hydrogens is 497 g/mol. The Hall–Kier alpha value is -3.72. The molecule has 0 saturated carbocycles. The number of pyridine rings is 1. The summed E-state index contributed by atoms with van der Waals surface area (Å²) in [4.78, 5) is 4.25. The standard InChI is InChI=1S/C24H14BrF3N4O/c25-19-13-20(22-31-32-23(33-22)29-16-9-5-2-6-10-16)30-21-17(19)11-15(12-18(21)24(26,27)28)14-7-3-1-4-8-14/h1-13H,(H,29,32). The van der Waals surface area contributed by atoms with Gasteiger partial charge in [-0.25, -0.2) is 4.98 Å². The van der Waals surface area contributed by atoms with E-state index in [4.69, 9.17) is 4.42 Å². The second-order valence-electron chi connectivity index (χ2n) is 7.18. The van der Waals surface area contributed by atoms with E-state index < -0.39 is 11.7 Å². The Morgan fingerprint density at radius 3 is 2.21 bits per heavy atom. The number of nitrogens with one attached hydrogen (secondary N) is 1. The lowest BCUT2D eigenvalue weighted by atomic mass is 9.99. The first kappa shape index (κ1) is 21.1. The summed E-state index contributed by atoms with van der Waals surface area (Å²) in [7, 11) is 0. The van der Waals surface area contributed by atoms with Crippen molar-refractivity contribution in [2.24, 2.45) is 0 Å². The Bertz CT molecular complexity index is 1440. The van der Waals surface area contributed by atoms with Crippen LogP contribution in [-0.2, 0) is 6.18 Å². The number of halogens is 4. The molecule has 0 aliphatic rings. The number of rotatable bonds is 4. The first-order chi connectivity index (χ1) is 15.9. The molecule has 33 heavy (non-hydrogen) atoms. The molecule has 0 amide bonds. The predicted octanol–water partition coefficient (Wildman–Crippen LogP) is 7.48. The number of para-hydroxylation sites is 1. The van der Waals surface area contributed by atoms with Gasteiger partial charge in [-0.15, -0.1) is 5.10 Å². The smallest absolute Gasteiger partial charge is 0.401 e. The second-order valence-corrected chi connectivity index (χ2v) is 8.03. The first-order valence-corrected chi connectivity index (χ1v) is 10.6. The zero-order chi connectivity index (χ0) is 23.0. The minimum absolute atomic E-state index is 0.00343. The highest BCUT2D eigenvalue weighted by Crippen LogP contribution is 2.40. The maximum absolute atomic E-state index is 14.0. The van der Waals surface area contributed by atoms with Crippen molar-refractivity contribution >= 4 is 38.5 Å². The van der Waals surface area contributed by atoms with Crippen molar-refractivity contribution in [3.05, 3.63) is 88.9 Å². The Kier molecular flexibility index (Phi) is 5.33. The van der Waals surface area contributed by atoms with Gasteiger partial charge in [0.25, 0.3) is 5.89 Å². The van der Waals surface area contributed by atoms with Crippen molar-refractivity contribution in [3.63, 3.8) is 0 Å². The van der Waals surface area contributed by atoms with Gasteiger partial charge in [0.05, 0.1) is 11.1 Å². The summed E-state index contributed by atoms with van der Waals surface area (Å²) in [6.07, 6.45) is -4.61. The molecule has 1 N–H and O–H groups in total. The molecule has 2 aromatic heterocycles. The molecule has 0 aliphatic heterocycles. The van der Waals surface area contributed by atoms with Crippen LogP contribution in [-0.4, -0.2) is 15.2 Å². The number of hydrogen-bond donors (Lipinski definition) is 1. The number of aromatic nitrogens is 3. The van der Waals surface area contributed by atoms with E-state index in [1.54, 1.807) is 36.4 Å². The lowest BCUT2D eigenvalue weighted by molar-refractivity contribution is -0.136. The van der Waals surface area contributed by atoms with Gasteiger partial charge in [0.1, 0.15) is 5.69 Å². The summed E-state index contributed by atoms with van der Waals surface area (Å²) in [6.45, 7) is 0. The summed E-state index contributed by atoms with van der Waals surface area (Å²) in [6, 6.07) is 22.5. The fourth-order valence-corrected chi connectivity index (χ4v) is 3.95. The molecule has 164 valence electrons. The molecular formula is C24H14BrF3N4O. The van der Waals surface area contributed by atoms with Gasteiger partial charge in [0.2, 0.25) is 0 Å². The highest BCUT2D eigenvalue weighted by atomic mass is 79.9. The molecule has 5 rings (SSSR count). The average molecular weight is 511 g/mol. The third-order valence-corrected chi connectivity index (χ3v) is 5.60. The van der Waals surface area contributed by atoms with Crippen LogP contribution in [0.15, 0.2) is 87.8 Å². The van der Waals surface area contributed by atoms with Gasteiger partial charge >= 0.3 is 12.2 Å². The molecule has 9 heteroatoms. The van der Waals surface area contributed by atoms with Crippen LogP contribution in [0.2, 0.25) is 0 Å². The Morgan fingerprint density at radius 1 is 0.818 bits per heavy atom. The maximum atomic E-state index is 14.0. The summed E-state index contributed by atoms with van der Waals surface area (Å²) in [5.74, 6) is -0.00343. The molecule has 3 aromatic carbocycles. The van der Waals surface area contributed by atoms with Crippen LogP contribution in [0.5, 0.6) is 0 Å². The molecule has 2 heterocycles. The molecule has 0 bridgehead atoms. The number of nitrogens with zero attached hydrogens (tertiary/aromatic N) is 3. The number of fused-ring (bicyclic) bond motifs is 1. The van der Waals surface area contributed by atoms with E-state index >= 15 is 0 Å². The van der Waals surface area contributed by atoms with Gasteiger partial charge in [0, 0.05) is 15.5 Å². The van der Waals surface area contributed by atoms with Crippen LogP contribution in [0, 0.1) is 0 Å². The lowest BCUT2D eigenvalue weighted by Gasteiger charge is -2.14. The second kappa shape index (κ2) is 8.32. The Labute approximate surface area is 194 Å². The van der Waals surface area contributed by atoms with Crippen molar-refractivity contribution in [2.75, 3.05) is 5.32 Å². The summed E-state index contributed by atoms with van der Waals surface area (Å²) in [5.41, 5.74) is 0.923. The van der Waals surface area contributed by atoms with Crippen molar-refractivity contribution in [2.45, 2.75) is 6.18 Å². The Balaban J connectivity index is 1.61. The van der Waals surface area contributed by atoms with Crippen LogP contribution >= 0.6 is 15.9 Å². The molecule has 5 nitrogen and oxygen atoms in total. The Morgan fingerprint density at radius 2 is 1.52 bits per heavy atom. The highest BCUT2D eigenvalue weighted by molar-refractivity contribution is 9.10. The van der Waals surface area contributed by atoms with Crippen LogP contribution < -0.4 is 5.32 Å². The van der Waals surface area contributed by atoms with Gasteiger partial charge in [-0.2, -0.15) is 13.2 Å². The first-order valence-electron chi connectivity index (χ1n) is 9.81.